The fourth-order valence-electron chi connectivity index (χ4n) is 5.79. The van der Waals surface area contributed by atoms with Gasteiger partial charge in [-0.15, -0.1) is 0 Å². The third-order valence-corrected chi connectivity index (χ3v) is 8.64. The molecule has 0 aliphatic carbocycles. The predicted molar refractivity (Wildman–Crippen MR) is 178 cm³/mol. The smallest absolute Gasteiger partial charge is 0.410 e. The Morgan fingerprint density at radius 3 is 2.31 bits per heavy atom. The molecule has 13 nitrogen and oxygen atoms in total. The minimum absolute atomic E-state index is 0.0488. The lowest BCUT2D eigenvalue weighted by molar-refractivity contribution is -0.136. The molecule has 0 saturated carbocycles. The van der Waals surface area contributed by atoms with Crippen LogP contribution in [0.15, 0.2) is 30.5 Å². The normalized spacial score (nSPS) is 16.5. The zero-order chi connectivity index (χ0) is 35.8. The molecule has 49 heavy (non-hydrogen) atoms. The first-order valence-electron chi connectivity index (χ1n) is 15.8. The molecule has 2 aliphatic heterocycles. The van der Waals surface area contributed by atoms with E-state index in [1.54, 1.807) is 49.6 Å². The van der Waals surface area contributed by atoms with Gasteiger partial charge < -0.3 is 34.2 Å². The van der Waals surface area contributed by atoms with E-state index in [9.17, 15) is 28.0 Å². The van der Waals surface area contributed by atoms with Crippen LogP contribution in [0.3, 0.4) is 0 Å². The number of pyridine rings is 1. The maximum absolute atomic E-state index is 14.8. The van der Waals surface area contributed by atoms with Crippen LogP contribution in [0.2, 0.25) is 5.02 Å². The Morgan fingerprint density at radius 1 is 1.00 bits per heavy atom. The number of imidazole rings is 1. The molecular formula is C33H39ClF2N8O5. The zero-order valence-electron chi connectivity index (χ0n) is 28.2. The Kier molecular flexibility index (Phi) is 10.1. The highest BCUT2D eigenvalue weighted by Crippen LogP contribution is 2.28. The average Bonchev–Trinajstić information content (AvgIpc) is 3.68. The number of anilines is 2. The average molecular weight is 701 g/mol. The van der Waals surface area contributed by atoms with Crippen LogP contribution >= 0.6 is 11.6 Å². The van der Waals surface area contributed by atoms with Gasteiger partial charge in [-0.3, -0.25) is 14.4 Å². The van der Waals surface area contributed by atoms with E-state index >= 15 is 0 Å². The number of likely N-dealkylation sites (tertiary alicyclic amines) is 1. The topological polar surface area (TPSA) is 133 Å². The molecule has 2 fully saturated rings. The number of hydrogen-bond donors (Lipinski definition) is 1. The second kappa shape index (κ2) is 14.0. The maximum Gasteiger partial charge on any atom is 0.410 e. The SMILES string of the molecule is CN(C)c1nc(F)c(-c2cnc(C(=O)Nc3ccc(C(=O)N4CCN(C(=O)C5CCN(C(=O)OC(C)(C)C)C5)CC4)c(Cl)c3)n2C)cc1F. The highest BCUT2D eigenvalue weighted by Gasteiger charge is 2.37. The summed E-state index contributed by atoms with van der Waals surface area (Å²) in [6, 6.07) is 5.46. The van der Waals surface area contributed by atoms with Crippen molar-refractivity contribution >= 4 is 46.9 Å². The van der Waals surface area contributed by atoms with Gasteiger partial charge >= 0.3 is 6.09 Å². The van der Waals surface area contributed by atoms with E-state index in [-0.39, 0.29) is 56.9 Å². The molecule has 1 aromatic carbocycles. The third-order valence-electron chi connectivity index (χ3n) is 8.33. The number of benzene rings is 1. The van der Waals surface area contributed by atoms with Crippen molar-refractivity contribution in [3.8, 4) is 11.3 Å². The molecule has 0 spiro atoms. The highest BCUT2D eigenvalue weighted by atomic mass is 35.5. The summed E-state index contributed by atoms with van der Waals surface area (Å²) >= 11 is 6.49. The third kappa shape index (κ3) is 7.77. The number of hydrogen-bond acceptors (Lipinski definition) is 8. The summed E-state index contributed by atoms with van der Waals surface area (Å²) in [5.74, 6) is -3.21. The largest absolute Gasteiger partial charge is 0.444 e. The summed E-state index contributed by atoms with van der Waals surface area (Å²) in [4.78, 5) is 66.0. The van der Waals surface area contributed by atoms with Gasteiger partial charge in [0.2, 0.25) is 11.9 Å². The van der Waals surface area contributed by atoms with Crippen molar-refractivity contribution in [1.29, 1.82) is 0 Å². The number of amides is 4. The van der Waals surface area contributed by atoms with Gasteiger partial charge in [0, 0.05) is 66.1 Å². The van der Waals surface area contributed by atoms with Crippen molar-refractivity contribution in [2.45, 2.75) is 32.8 Å². The van der Waals surface area contributed by atoms with Crippen molar-refractivity contribution in [2.75, 3.05) is 63.6 Å². The minimum atomic E-state index is -0.916. The summed E-state index contributed by atoms with van der Waals surface area (Å²) in [5.41, 5.74) is -0.109. The molecule has 1 N–H and O–H groups in total. The van der Waals surface area contributed by atoms with Crippen molar-refractivity contribution in [1.82, 2.24) is 29.2 Å². The summed E-state index contributed by atoms with van der Waals surface area (Å²) in [6.45, 7) is 7.44. The lowest BCUT2D eigenvalue weighted by Crippen LogP contribution is -2.52. The van der Waals surface area contributed by atoms with Crippen molar-refractivity contribution in [3.05, 3.63) is 58.6 Å². The highest BCUT2D eigenvalue weighted by molar-refractivity contribution is 6.34. The van der Waals surface area contributed by atoms with Crippen molar-refractivity contribution in [3.63, 3.8) is 0 Å². The van der Waals surface area contributed by atoms with Gasteiger partial charge in [0.25, 0.3) is 11.8 Å². The number of nitrogens with one attached hydrogen (secondary N) is 1. The number of piperazine rings is 1. The van der Waals surface area contributed by atoms with E-state index in [0.29, 0.717) is 45.7 Å². The molecule has 3 aromatic rings. The summed E-state index contributed by atoms with van der Waals surface area (Å²) in [5, 5.41) is 2.78. The number of carbonyl (C=O) groups is 4. The van der Waals surface area contributed by atoms with Crippen LogP contribution in [0.4, 0.5) is 25.1 Å². The lowest BCUT2D eigenvalue weighted by Gasteiger charge is -2.36. The Balaban J connectivity index is 1.17. The first-order chi connectivity index (χ1) is 23.0. The number of aromatic nitrogens is 3. The molecule has 0 radical (unpaired) electrons. The molecular weight excluding hydrogens is 662 g/mol. The van der Waals surface area contributed by atoms with Gasteiger partial charge in [0.15, 0.2) is 17.5 Å². The van der Waals surface area contributed by atoms with Gasteiger partial charge in [-0.2, -0.15) is 9.37 Å². The van der Waals surface area contributed by atoms with Crippen LogP contribution in [-0.4, -0.2) is 112 Å². The van der Waals surface area contributed by atoms with Crippen LogP contribution in [0.1, 0.15) is 48.2 Å². The predicted octanol–water partition coefficient (Wildman–Crippen LogP) is 4.27. The van der Waals surface area contributed by atoms with Gasteiger partial charge in [-0.25, -0.2) is 14.2 Å². The Labute approximate surface area is 287 Å². The molecule has 0 bridgehead atoms. The monoisotopic (exact) mass is 700 g/mol. The van der Waals surface area contributed by atoms with E-state index in [1.807, 2.05) is 0 Å². The van der Waals surface area contributed by atoms with Crippen LogP contribution in [-0.2, 0) is 16.6 Å². The lowest BCUT2D eigenvalue weighted by atomic mass is 10.1. The van der Waals surface area contributed by atoms with E-state index < -0.39 is 29.4 Å². The van der Waals surface area contributed by atoms with Crippen LogP contribution in [0, 0.1) is 17.7 Å². The number of ether oxygens (including phenoxy) is 1. The van der Waals surface area contributed by atoms with Gasteiger partial charge in [0.1, 0.15) is 5.60 Å². The molecule has 1 unspecified atom stereocenters. The van der Waals surface area contributed by atoms with E-state index in [4.69, 9.17) is 16.3 Å². The van der Waals surface area contributed by atoms with E-state index in [1.165, 1.54) is 40.9 Å². The van der Waals surface area contributed by atoms with Gasteiger partial charge in [-0.05, 0) is 51.5 Å². The van der Waals surface area contributed by atoms with Crippen molar-refractivity contribution < 1.29 is 32.7 Å². The number of rotatable bonds is 6. The van der Waals surface area contributed by atoms with Crippen LogP contribution < -0.4 is 10.2 Å². The summed E-state index contributed by atoms with van der Waals surface area (Å²) in [6.07, 6.45) is 1.37. The fourth-order valence-corrected chi connectivity index (χ4v) is 6.05. The molecule has 1 atom stereocenters. The van der Waals surface area contributed by atoms with Gasteiger partial charge in [-0.1, -0.05) is 11.6 Å². The first kappa shape index (κ1) is 35.5. The van der Waals surface area contributed by atoms with Crippen LogP contribution in [0.5, 0.6) is 0 Å². The Morgan fingerprint density at radius 2 is 1.67 bits per heavy atom. The first-order valence-corrected chi connectivity index (χ1v) is 16.1. The zero-order valence-corrected chi connectivity index (χ0v) is 29.0. The van der Waals surface area contributed by atoms with E-state index in [0.717, 1.165) is 6.07 Å². The standard InChI is InChI=1S/C33H39ClF2N8O5/c1-33(2,3)49-32(48)44-10-9-19(18-44)30(46)42-11-13-43(14-12-42)31(47)21-8-7-20(15-23(21)34)38-29(45)28-37-17-25(41(28)6)22-16-24(35)27(40(4)5)39-26(22)36/h7-8,15-17,19H,9-14,18H2,1-6H3,(H,38,45). The molecule has 16 heteroatoms. The second-order valence-corrected chi connectivity index (χ2v) is 13.6. The van der Waals surface area contributed by atoms with E-state index in [2.05, 4.69) is 15.3 Å². The summed E-state index contributed by atoms with van der Waals surface area (Å²) < 4.78 is 36.0. The maximum atomic E-state index is 14.8. The number of carbonyl (C=O) groups excluding carboxylic acids is 4. The van der Waals surface area contributed by atoms with Crippen LogP contribution in [0.25, 0.3) is 11.3 Å². The second-order valence-electron chi connectivity index (χ2n) is 13.2. The molecule has 2 aliphatic rings. The molecule has 2 saturated heterocycles. The van der Waals surface area contributed by atoms with Crippen molar-refractivity contribution in [2.24, 2.45) is 13.0 Å². The van der Waals surface area contributed by atoms with Gasteiger partial charge in [0.05, 0.1) is 34.0 Å². The number of halogens is 3. The molecule has 262 valence electrons. The minimum Gasteiger partial charge on any atom is -0.444 e. The fraction of sp³-hybridized carbons (Fsp3) is 0.455. The molecule has 4 amide bonds. The Hall–Kier alpha value is -4.79. The number of nitrogens with zero attached hydrogens (tertiary/aromatic N) is 7. The molecule has 2 aromatic heterocycles. The molecule has 5 rings (SSSR count). The molecule has 4 heterocycles. The quantitative estimate of drug-likeness (QED) is 0.377. The Bertz CT molecular complexity index is 1780. The summed E-state index contributed by atoms with van der Waals surface area (Å²) in [7, 11) is 4.57.